The molecule has 0 aliphatic heterocycles. The first-order valence-corrected chi connectivity index (χ1v) is 7.24. The van der Waals surface area contributed by atoms with E-state index in [9.17, 15) is 15.0 Å². The highest BCUT2D eigenvalue weighted by Crippen LogP contribution is 2.26. The summed E-state index contributed by atoms with van der Waals surface area (Å²) in [5, 5.41) is 19.8. The molecule has 0 aliphatic carbocycles. The number of phenolic OH excluding ortho intramolecular Hbond substituents is 1. The number of rotatable bonds is 5. The highest BCUT2D eigenvalue weighted by atomic mass is 16.6. The largest absolute Gasteiger partial charge is 0.508 e. The first-order chi connectivity index (χ1) is 9.51. The number of hydrogen-bond acceptors (Lipinski definition) is 4. The second-order valence-electron chi connectivity index (χ2n) is 6.78. The molecule has 0 fully saturated rings. The number of benzene rings is 1. The molecule has 118 valence electrons. The minimum atomic E-state index is -1.14. The number of carbonyl (C=O) groups excluding carboxylic acids is 1. The zero-order chi connectivity index (χ0) is 16.3. The van der Waals surface area contributed by atoms with E-state index in [2.05, 4.69) is 0 Å². The van der Waals surface area contributed by atoms with E-state index in [0.29, 0.717) is 12.8 Å². The van der Waals surface area contributed by atoms with E-state index in [4.69, 9.17) is 4.74 Å². The van der Waals surface area contributed by atoms with Gasteiger partial charge in [0.25, 0.3) is 0 Å². The standard InChI is InChI=1S/C17H26O4/c1-12(15(19)21-16(2,3)4)17(5,20)11-10-13-6-8-14(18)9-7-13/h6-9,12,18,20H,10-11H2,1-5H3. The Morgan fingerprint density at radius 1 is 1.19 bits per heavy atom. The van der Waals surface area contributed by atoms with Gasteiger partial charge in [-0.15, -0.1) is 0 Å². The Kier molecular flexibility index (Phi) is 5.40. The molecule has 2 unspecified atom stereocenters. The molecule has 0 radical (unpaired) electrons. The van der Waals surface area contributed by atoms with Crippen LogP contribution in [0.5, 0.6) is 5.75 Å². The quantitative estimate of drug-likeness (QED) is 0.819. The fourth-order valence-corrected chi connectivity index (χ4v) is 1.92. The average molecular weight is 294 g/mol. The normalized spacial score (nSPS) is 16.1. The van der Waals surface area contributed by atoms with Gasteiger partial charge in [-0.1, -0.05) is 12.1 Å². The Bertz CT molecular complexity index is 469. The highest BCUT2D eigenvalue weighted by Gasteiger charge is 2.36. The van der Waals surface area contributed by atoms with E-state index in [1.807, 2.05) is 32.9 Å². The SMILES string of the molecule is CC(C(=O)OC(C)(C)C)C(C)(O)CCc1ccc(O)cc1. The Balaban J connectivity index is 2.63. The van der Waals surface area contributed by atoms with Crippen LogP contribution in [0.1, 0.15) is 46.6 Å². The van der Waals surface area contributed by atoms with Crippen molar-refractivity contribution in [2.45, 2.75) is 58.7 Å². The van der Waals surface area contributed by atoms with Gasteiger partial charge in [0.1, 0.15) is 11.4 Å². The van der Waals surface area contributed by atoms with E-state index in [-0.39, 0.29) is 5.75 Å². The van der Waals surface area contributed by atoms with Gasteiger partial charge in [-0.05, 0) is 65.2 Å². The predicted octanol–water partition coefficient (Wildman–Crippen LogP) is 3.05. The maximum Gasteiger partial charge on any atom is 0.312 e. The fraction of sp³-hybridized carbons (Fsp3) is 0.588. The van der Waals surface area contributed by atoms with Crippen molar-refractivity contribution in [1.82, 2.24) is 0 Å². The molecule has 2 N–H and O–H groups in total. The lowest BCUT2D eigenvalue weighted by atomic mass is 9.85. The number of aryl methyl sites for hydroxylation is 1. The Labute approximate surface area is 126 Å². The van der Waals surface area contributed by atoms with Gasteiger partial charge in [-0.2, -0.15) is 0 Å². The molecule has 1 aromatic rings. The lowest BCUT2D eigenvalue weighted by molar-refractivity contribution is -0.168. The third-order valence-corrected chi connectivity index (χ3v) is 3.55. The van der Waals surface area contributed by atoms with Crippen molar-refractivity contribution in [3.05, 3.63) is 29.8 Å². The van der Waals surface area contributed by atoms with Gasteiger partial charge in [-0.25, -0.2) is 0 Å². The number of aliphatic hydroxyl groups is 1. The van der Waals surface area contributed by atoms with Crippen LogP contribution in [0.15, 0.2) is 24.3 Å². The molecule has 0 bridgehead atoms. The molecule has 4 heteroatoms. The number of phenols is 1. The van der Waals surface area contributed by atoms with Gasteiger partial charge in [-0.3, -0.25) is 4.79 Å². The summed E-state index contributed by atoms with van der Waals surface area (Å²) < 4.78 is 5.32. The van der Waals surface area contributed by atoms with Crippen molar-refractivity contribution >= 4 is 5.97 Å². The molecule has 21 heavy (non-hydrogen) atoms. The fourth-order valence-electron chi connectivity index (χ4n) is 1.92. The van der Waals surface area contributed by atoms with Gasteiger partial charge in [0.15, 0.2) is 0 Å². The molecular weight excluding hydrogens is 268 g/mol. The summed E-state index contributed by atoms with van der Waals surface area (Å²) in [7, 11) is 0. The van der Waals surface area contributed by atoms with Crippen LogP contribution in [0.4, 0.5) is 0 Å². The van der Waals surface area contributed by atoms with Crippen LogP contribution in [0, 0.1) is 5.92 Å². The highest BCUT2D eigenvalue weighted by molar-refractivity contribution is 5.73. The summed E-state index contributed by atoms with van der Waals surface area (Å²) >= 11 is 0. The molecule has 0 spiro atoms. The van der Waals surface area contributed by atoms with Crippen molar-refractivity contribution < 1.29 is 19.7 Å². The third kappa shape index (κ3) is 5.76. The summed E-state index contributed by atoms with van der Waals surface area (Å²) in [6.45, 7) is 8.77. The lowest BCUT2D eigenvalue weighted by Crippen LogP contribution is -2.41. The molecule has 0 saturated carbocycles. The van der Waals surface area contributed by atoms with Crippen molar-refractivity contribution in [1.29, 1.82) is 0 Å². The number of aromatic hydroxyl groups is 1. The summed E-state index contributed by atoms with van der Waals surface area (Å²) in [5.74, 6) is -0.778. The summed E-state index contributed by atoms with van der Waals surface area (Å²) in [4.78, 5) is 12.0. The molecule has 0 aliphatic rings. The van der Waals surface area contributed by atoms with Gasteiger partial charge < -0.3 is 14.9 Å². The number of carbonyl (C=O) groups is 1. The van der Waals surface area contributed by atoms with E-state index >= 15 is 0 Å². The minimum Gasteiger partial charge on any atom is -0.508 e. The topological polar surface area (TPSA) is 66.8 Å². The Hall–Kier alpha value is -1.55. The van der Waals surface area contributed by atoms with Crippen molar-refractivity contribution in [3.63, 3.8) is 0 Å². The lowest BCUT2D eigenvalue weighted by Gasteiger charge is -2.31. The second-order valence-corrected chi connectivity index (χ2v) is 6.78. The molecule has 1 rings (SSSR count). The van der Waals surface area contributed by atoms with Crippen LogP contribution in [0.3, 0.4) is 0 Å². The molecule has 0 saturated heterocycles. The first kappa shape index (κ1) is 17.5. The van der Waals surface area contributed by atoms with E-state index in [0.717, 1.165) is 5.56 Å². The number of hydrogen-bond donors (Lipinski definition) is 2. The predicted molar refractivity (Wildman–Crippen MR) is 82.1 cm³/mol. The van der Waals surface area contributed by atoms with Crippen LogP contribution in [0.25, 0.3) is 0 Å². The van der Waals surface area contributed by atoms with Crippen LogP contribution >= 0.6 is 0 Å². The molecule has 4 nitrogen and oxygen atoms in total. The Morgan fingerprint density at radius 2 is 1.71 bits per heavy atom. The van der Waals surface area contributed by atoms with E-state index < -0.39 is 23.1 Å². The monoisotopic (exact) mass is 294 g/mol. The zero-order valence-electron chi connectivity index (χ0n) is 13.5. The van der Waals surface area contributed by atoms with E-state index in [1.165, 1.54) is 0 Å². The molecule has 1 aromatic carbocycles. The smallest absolute Gasteiger partial charge is 0.312 e. The maximum atomic E-state index is 12.0. The number of ether oxygens (including phenoxy) is 1. The van der Waals surface area contributed by atoms with E-state index in [1.54, 1.807) is 26.0 Å². The maximum absolute atomic E-state index is 12.0. The average Bonchev–Trinajstić information content (AvgIpc) is 2.35. The summed E-state index contributed by atoms with van der Waals surface area (Å²) in [5.41, 5.74) is -0.692. The van der Waals surface area contributed by atoms with Crippen molar-refractivity contribution in [2.75, 3.05) is 0 Å². The van der Waals surface area contributed by atoms with Gasteiger partial charge in [0.2, 0.25) is 0 Å². The van der Waals surface area contributed by atoms with Crippen LogP contribution < -0.4 is 0 Å². The van der Waals surface area contributed by atoms with Crippen LogP contribution in [-0.4, -0.2) is 27.4 Å². The molecule has 0 amide bonds. The molecule has 0 heterocycles. The van der Waals surface area contributed by atoms with Gasteiger partial charge in [0, 0.05) is 0 Å². The third-order valence-electron chi connectivity index (χ3n) is 3.55. The number of esters is 1. The Morgan fingerprint density at radius 3 is 2.19 bits per heavy atom. The summed E-state index contributed by atoms with van der Waals surface area (Å²) in [6.07, 6.45) is 1.07. The summed E-state index contributed by atoms with van der Waals surface area (Å²) in [6, 6.07) is 6.84. The molecule has 2 atom stereocenters. The molecule has 0 aromatic heterocycles. The minimum absolute atomic E-state index is 0.215. The molecular formula is C17H26O4. The van der Waals surface area contributed by atoms with Gasteiger partial charge >= 0.3 is 5.97 Å². The zero-order valence-corrected chi connectivity index (χ0v) is 13.5. The van der Waals surface area contributed by atoms with Crippen LogP contribution in [0.2, 0.25) is 0 Å². The van der Waals surface area contributed by atoms with Crippen molar-refractivity contribution in [3.8, 4) is 5.75 Å². The van der Waals surface area contributed by atoms with Gasteiger partial charge in [0.05, 0.1) is 11.5 Å². The van der Waals surface area contributed by atoms with Crippen LogP contribution in [-0.2, 0) is 16.0 Å². The first-order valence-electron chi connectivity index (χ1n) is 7.24. The second kappa shape index (κ2) is 6.48. The van der Waals surface area contributed by atoms with Crippen molar-refractivity contribution in [2.24, 2.45) is 5.92 Å².